The summed E-state index contributed by atoms with van der Waals surface area (Å²) in [5.41, 5.74) is 2.24. The molecule has 172 valence electrons. The maximum absolute atomic E-state index is 13.0. The zero-order valence-electron chi connectivity index (χ0n) is 18.4. The number of phenolic OH excluding ortho intramolecular Hbond substituents is 1. The van der Waals surface area contributed by atoms with E-state index in [0.29, 0.717) is 12.1 Å². The van der Waals surface area contributed by atoms with Crippen LogP contribution in [-0.2, 0) is 20.8 Å². The second-order valence-corrected chi connectivity index (χ2v) is 9.32. The van der Waals surface area contributed by atoms with Gasteiger partial charge in [0.15, 0.2) is 0 Å². The maximum Gasteiger partial charge on any atom is 0.355 e. The van der Waals surface area contributed by atoms with Crippen LogP contribution in [0.4, 0.5) is 5.69 Å². The molecule has 8 nitrogen and oxygen atoms in total. The molecule has 0 fully saturated rings. The molecule has 0 aliphatic carbocycles. The molecule has 0 bridgehead atoms. The highest BCUT2D eigenvalue weighted by molar-refractivity contribution is 7.86. The lowest BCUT2D eigenvalue weighted by atomic mass is 10.0. The summed E-state index contributed by atoms with van der Waals surface area (Å²) >= 11 is 0. The third kappa shape index (κ3) is 6.41. The van der Waals surface area contributed by atoms with Gasteiger partial charge in [0, 0.05) is 6.54 Å². The number of amides is 1. The lowest BCUT2D eigenvalue weighted by molar-refractivity contribution is 0.0749. The molecule has 33 heavy (non-hydrogen) atoms. The SMILES string of the molecule is CN(C)Cc1ccc(O)c(C(=O)Nc2cc(-c3ccccc3)ccc2C(=O)OS(C)(=O)=O)c1. The number of aromatic hydroxyl groups is 1. The Labute approximate surface area is 192 Å². The summed E-state index contributed by atoms with van der Waals surface area (Å²) in [5.74, 6) is -2.01. The standard InChI is InChI=1S/C24H24N2O6S/c1-26(2)15-16-9-12-22(27)20(13-16)23(28)25-21-14-18(17-7-5-4-6-8-17)10-11-19(21)24(29)32-33(3,30)31/h4-14,27H,15H2,1-3H3,(H,25,28). The second kappa shape index (κ2) is 9.85. The van der Waals surface area contributed by atoms with Crippen molar-refractivity contribution in [1.82, 2.24) is 4.90 Å². The van der Waals surface area contributed by atoms with Gasteiger partial charge >= 0.3 is 16.1 Å². The van der Waals surface area contributed by atoms with Crippen molar-refractivity contribution in [3.8, 4) is 16.9 Å². The van der Waals surface area contributed by atoms with Crippen molar-refractivity contribution in [2.75, 3.05) is 25.7 Å². The van der Waals surface area contributed by atoms with Crippen LogP contribution in [0.2, 0.25) is 0 Å². The molecule has 0 unspecified atom stereocenters. The first-order valence-corrected chi connectivity index (χ1v) is 11.8. The minimum atomic E-state index is -4.06. The van der Waals surface area contributed by atoms with E-state index in [1.54, 1.807) is 24.3 Å². The number of carbonyl (C=O) groups is 2. The fraction of sp³-hybridized carbons (Fsp3) is 0.167. The molecule has 3 rings (SSSR count). The normalized spacial score (nSPS) is 11.3. The van der Waals surface area contributed by atoms with Crippen LogP contribution in [0, 0.1) is 0 Å². The van der Waals surface area contributed by atoms with E-state index in [1.165, 1.54) is 12.1 Å². The summed E-state index contributed by atoms with van der Waals surface area (Å²) in [5, 5.41) is 12.9. The topological polar surface area (TPSA) is 113 Å². The van der Waals surface area contributed by atoms with Crippen LogP contribution < -0.4 is 5.32 Å². The molecule has 2 N–H and O–H groups in total. The van der Waals surface area contributed by atoms with Gasteiger partial charge in [0.1, 0.15) is 5.75 Å². The largest absolute Gasteiger partial charge is 0.507 e. The van der Waals surface area contributed by atoms with Crippen LogP contribution in [-0.4, -0.2) is 50.7 Å². The van der Waals surface area contributed by atoms with E-state index in [4.69, 9.17) is 0 Å². The van der Waals surface area contributed by atoms with Crippen LogP contribution in [0.15, 0.2) is 66.7 Å². The molecule has 3 aromatic carbocycles. The highest BCUT2D eigenvalue weighted by Gasteiger charge is 2.21. The molecule has 0 atom stereocenters. The van der Waals surface area contributed by atoms with Crippen molar-refractivity contribution in [3.63, 3.8) is 0 Å². The van der Waals surface area contributed by atoms with E-state index >= 15 is 0 Å². The molecule has 0 spiro atoms. The highest BCUT2D eigenvalue weighted by atomic mass is 32.2. The minimum absolute atomic E-state index is 0.0156. The summed E-state index contributed by atoms with van der Waals surface area (Å²) in [6.07, 6.45) is 0.760. The van der Waals surface area contributed by atoms with Crippen molar-refractivity contribution in [1.29, 1.82) is 0 Å². The molecule has 0 radical (unpaired) electrons. The number of anilines is 1. The zero-order chi connectivity index (χ0) is 24.2. The van der Waals surface area contributed by atoms with Gasteiger partial charge in [-0.3, -0.25) is 4.79 Å². The first-order chi connectivity index (χ1) is 15.5. The van der Waals surface area contributed by atoms with Gasteiger partial charge in [-0.2, -0.15) is 8.42 Å². The fourth-order valence-electron chi connectivity index (χ4n) is 3.24. The van der Waals surface area contributed by atoms with Gasteiger partial charge in [-0.25, -0.2) is 4.79 Å². The Kier molecular flexibility index (Phi) is 7.15. The first-order valence-electron chi connectivity index (χ1n) is 9.95. The van der Waals surface area contributed by atoms with Crippen molar-refractivity contribution in [3.05, 3.63) is 83.4 Å². The van der Waals surface area contributed by atoms with Gasteiger partial charge in [-0.15, -0.1) is 0 Å². The molecule has 0 aromatic heterocycles. The van der Waals surface area contributed by atoms with Gasteiger partial charge < -0.3 is 19.5 Å². The van der Waals surface area contributed by atoms with Crippen molar-refractivity contribution >= 4 is 27.7 Å². The monoisotopic (exact) mass is 468 g/mol. The summed E-state index contributed by atoms with van der Waals surface area (Å²) < 4.78 is 27.4. The molecule has 0 aliphatic rings. The molecule has 0 saturated carbocycles. The second-order valence-electron chi connectivity index (χ2n) is 7.74. The average molecular weight is 469 g/mol. The smallest absolute Gasteiger partial charge is 0.355 e. The Morgan fingerprint density at radius 1 is 0.939 bits per heavy atom. The van der Waals surface area contributed by atoms with E-state index < -0.39 is 22.0 Å². The van der Waals surface area contributed by atoms with Gasteiger partial charge in [0.05, 0.1) is 23.1 Å². The molecular formula is C24H24N2O6S. The Morgan fingerprint density at radius 3 is 2.27 bits per heavy atom. The number of phenols is 1. The minimum Gasteiger partial charge on any atom is -0.507 e. The van der Waals surface area contributed by atoms with Gasteiger partial charge in [0.25, 0.3) is 5.91 Å². The summed E-state index contributed by atoms with van der Waals surface area (Å²) in [6, 6.07) is 18.5. The predicted octanol–water partition coefficient (Wildman–Crippen LogP) is 3.49. The third-order valence-electron chi connectivity index (χ3n) is 4.63. The van der Waals surface area contributed by atoms with Crippen LogP contribution >= 0.6 is 0 Å². The Hall–Kier alpha value is -3.69. The molecule has 1 amide bonds. The van der Waals surface area contributed by atoms with E-state index in [0.717, 1.165) is 17.4 Å². The number of hydrogen-bond donors (Lipinski definition) is 2. The molecular weight excluding hydrogens is 444 g/mol. The van der Waals surface area contributed by atoms with Crippen molar-refractivity contribution in [2.45, 2.75) is 6.54 Å². The number of nitrogens with zero attached hydrogens (tertiary/aromatic N) is 1. The summed E-state index contributed by atoms with van der Waals surface area (Å²) in [6.45, 7) is 0.552. The Balaban J connectivity index is 2.02. The van der Waals surface area contributed by atoms with Gasteiger partial charge in [0.2, 0.25) is 0 Å². The van der Waals surface area contributed by atoms with Crippen molar-refractivity contribution < 1.29 is 27.3 Å². The molecule has 3 aromatic rings. The molecule has 0 heterocycles. The number of rotatable bonds is 7. The summed E-state index contributed by atoms with van der Waals surface area (Å²) in [4.78, 5) is 27.4. The van der Waals surface area contributed by atoms with Crippen LogP contribution in [0.3, 0.4) is 0 Å². The lowest BCUT2D eigenvalue weighted by Gasteiger charge is -2.15. The molecule has 9 heteroatoms. The van der Waals surface area contributed by atoms with Crippen LogP contribution in [0.25, 0.3) is 11.1 Å². The van der Waals surface area contributed by atoms with Crippen LogP contribution in [0.5, 0.6) is 5.75 Å². The molecule has 0 aliphatic heterocycles. The van der Waals surface area contributed by atoms with E-state index in [9.17, 15) is 23.1 Å². The fourth-order valence-corrected chi connectivity index (χ4v) is 3.60. The average Bonchev–Trinajstić information content (AvgIpc) is 2.74. The van der Waals surface area contributed by atoms with Crippen LogP contribution in [0.1, 0.15) is 26.3 Å². The molecule has 0 saturated heterocycles. The first kappa shape index (κ1) is 24.0. The number of nitrogens with one attached hydrogen (secondary N) is 1. The zero-order valence-corrected chi connectivity index (χ0v) is 19.2. The quantitative estimate of drug-likeness (QED) is 0.510. The third-order valence-corrected chi connectivity index (χ3v) is 5.08. The Morgan fingerprint density at radius 2 is 1.64 bits per heavy atom. The highest BCUT2D eigenvalue weighted by Crippen LogP contribution is 2.28. The number of carbonyl (C=O) groups excluding carboxylic acids is 2. The van der Waals surface area contributed by atoms with Crippen molar-refractivity contribution in [2.24, 2.45) is 0 Å². The van der Waals surface area contributed by atoms with E-state index in [2.05, 4.69) is 9.50 Å². The van der Waals surface area contributed by atoms with E-state index in [-0.39, 0.29) is 22.6 Å². The maximum atomic E-state index is 13.0. The van der Waals surface area contributed by atoms with Gasteiger partial charge in [-0.05, 0) is 55.1 Å². The number of hydrogen-bond acceptors (Lipinski definition) is 7. The van der Waals surface area contributed by atoms with Gasteiger partial charge in [-0.1, -0.05) is 42.5 Å². The number of benzene rings is 3. The lowest BCUT2D eigenvalue weighted by Crippen LogP contribution is -2.18. The summed E-state index contributed by atoms with van der Waals surface area (Å²) in [7, 11) is -0.309. The predicted molar refractivity (Wildman–Crippen MR) is 126 cm³/mol. The Bertz CT molecular complexity index is 1290. The van der Waals surface area contributed by atoms with E-state index in [1.807, 2.05) is 49.3 Å².